The van der Waals surface area contributed by atoms with E-state index in [0.717, 1.165) is 31.5 Å². The van der Waals surface area contributed by atoms with Crippen molar-refractivity contribution >= 4 is 11.7 Å². The van der Waals surface area contributed by atoms with Crippen molar-refractivity contribution in [3.05, 3.63) is 41.8 Å². The molecule has 132 valence electrons. The second-order valence-electron chi connectivity index (χ2n) is 6.81. The molecular formula is C19H23FN4O. The number of hydrogen-bond acceptors (Lipinski definition) is 4. The number of rotatable bonds is 3. The van der Waals surface area contributed by atoms with Gasteiger partial charge in [0.25, 0.3) is 5.91 Å². The summed E-state index contributed by atoms with van der Waals surface area (Å²) in [5, 5.41) is 0. The van der Waals surface area contributed by atoms with Gasteiger partial charge in [0.15, 0.2) is 5.82 Å². The number of amides is 1. The molecule has 0 radical (unpaired) electrons. The number of aromatic nitrogens is 2. The molecule has 1 fully saturated rings. The number of likely N-dealkylation sites (tertiary alicyclic amines) is 1. The van der Waals surface area contributed by atoms with Crippen LogP contribution in [0.25, 0.3) is 11.4 Å². The summed E-state index contributed by atoms with van der Waals surface area (Å²) in [6.45, 7) is 3.76. The van der Waals surface area contributed by atoms with Gasteiger partial charge in [0.2, 0.25) is 0 Å². The highest BCUT2D eigenvalue weighted by atomic mass is 19.1. The van der Waals surface area contributed by atoms with Crippen LogP contribution in [-0.4, -0.2) is 48.0 Å². The smallest absolute Gasteiger partial charge is 0.259 e. The van der Waals surface area contributed by atoms with Crippen molar-refractivity contribution in [2.45, 2.75) is 19.8 Å². The van der Waals surface area contributed by atoms with Crippen molar-refractivity contribution in [2.24, 2.45) is 5.92 Å². The molecule has 1 aliphatic heterocycles. The van der Waals surface area contributed by atoms with Gasteiger partial charge in [-0.2, -0.15) is 0 Å². The highest BCUT2D eigenvalue weighted by Gasteiger charge is 2.25. The molecule has 0 bridgehead atoms. The summed E-state index contributed by atoms with van der Waals surface area (Å²) in [5.74, 6) is 1.39. The zero-order valence-electron chi connectivity index (χ0n) is 14.9. The van der Waals surface area contributed by atoms with E-state index in [1.54, 1.807) is 18.3 Å². The minimum atomic E-state index is -0.303. The zero-order chi connectivity index (χ0) is 18.0. The summed E-state index contributed by atoms with van der Waals surface area (Å²) < 4.78 is 13.1. The van der Waals surface area contributed by atoms with Gasteiger partial charge < -0.3 is 9.80 Å². The van der Waals surface area contributed by atoms with E-state index in [1.807, 2.05) is 23.9 Å². The molecule has 3 rings (SSSR count). The lowest BCUT2D eigenvalue weighted by Crippen LogP contribution is -2.38. The molecule has 0 N–H and O–H groups in total. The predicted molar refractivity (Wildman–Crippen MR) is 96.1 cm³/mol. The molecule has 0 unspecified atom stereocenters. The maximum atomic E-state index is 13.1. The molecule has 1 aliphatic rings. The van der Waals surface area contributed by atoms with Crippen LogP contribution in [-0.2, 0) is 0 Å². The van der Waals surface area contributed by atoms with E-state index in [2.05, 4.69) is 16.9 Å². The first-order chi connectivity index (χ1) is 12.0. The predicted octanol–water partition coefficient (Wildman–Crippen LogP) is 3.22. The molecule has 6 heteroatoms. The third-order valence-electron chi connectivity index (χ3n) is 4.60. The monoisotopic (exact) mass is 342 g/mol. The van der Waals surface area contributed by atoms with Crippen LogP contribution >= 0.6 is 0 Å². The Labute approximate surface area is 147 Å². The Balaban J connectivity index is 1.92. The number of anilines is 1. The molecular weight excluding hydrogens is 319 g/mol. The molecule has 25 heavy (non-hydrogen) atoms. The van der Waals surface area contributed by atoms with Gasteiger partial charge in [0, 0.05) is 38.9 Å². The summed E-state index contributed by atoms with van der Waals surface area (Å²) >= 11 is 0. The Bertz CT molecular complexity index is 753. The van der Waals surface area contributed by atoms with E-state index < -0.39 is 0 Å². The van der Waals surface area contributed by atoms with Crippen LogP contribution in [0.1, 0.15) is 30.1 Å². The molecule has 2 aromatic rings. The number of carbonyl (C=O) groups is 1. The fraction of sp³-hybridized carbons (Fsp3) is 0.421. The van der Waals surface area contributed by atoms with Crippen molar-refractivity contribution in [1.29, 1.82) is 0 Å². The number of carbonyl (C=O) groups excluding carboxylic acids is 1. The Kier molecular flexibility index (Phi) is 4.97. The summed E-state index contributed by atoms with van der Waals surface area (Å²) in [7, 11) is 3.71. The Hall–Kier alpha value is -2.50. The topological polar surface area (TPSA) is 49.3 Å². The van der Waals surface area contributed by atoms with Crippen LogP contribution < -0.4 is 4.90 Å². The third kappa shape index (κ3) is 3.78. The average molecular weight is 342 g/mol. The lowest BCUT2D eigenvalue weighted by molar-refractivity contribution is 0.0697. The quantitative estimate of drug-likeness (QED) is 0.859. The van der Waals surface area contributed by atoms with Gasteiger partial charge in [-0.05, 0) is 43.0 Å². The van der Waals surface area contributed by atoms with Crippen molar-refractivity contribution in [3.8, 4) is 11.4 Å². The molecule has 1 aromatic carbocycles. The number of piperidine rings is 1. The van der Waals surface area contributed by atoms with Gasteiger partial charge in [0.05, 0.1) is 0 Å². The van der Waals surface area contributed by atoms with E-state index in [9.17, 15) is 9.18 Å². The van der Waals surface area contributed by atoms with Crippen LogP contribution in [0.5, 0.6) is 0 Å². The highest BCUT2D eigenvalue weighted by Crippen LogP contribution is 2.24. The summed E-state index contributed by atoms with van der Waals surface area (Å²) in [6.07, 6.45) is 3.64. The molecule has 5 nitrogen and oxygen atoms in total. The zero-order valence-corrected chi connectivity index (χ0v) is 14.9. The molecule has 0 saturated carbocycles. The highest BCUT2D eigenvalue weighted by molar-refractivity contribution is 5.98. The van der Waals surface area contributed by atoms with Crippen LogP contribution in [0.2, 0.25) is 0 Å². The van der Waals surface area contributed by atoms with Crippen LogP contribution in [0, 0.1) is 11.7 Å². The van der Waals surface area contributed by atoms with Crippen LogP contribution in [0.4, 0.5) is 10.2 Å². The molecule has 1 saturated heterocycles. The Morgan fingerprint density at radius 2 is 1.84 bits per heavy atom. The molecule has 2 heterocycles. The average Bonchev–Trinajstić information content (AvgIpc) is 2.62. The first-order valence-corrected chi connectivity index (χ1v) is 8.55. The number of nitrogens with zero attached hydrogens (tertiary/aromatic N) is 4. The van der Waals surface area contributed by atoms with Crippen molar-refractivity contribution in [3.63, 3.8) is 0 Å². The maximum absolute atomic E-state index is 13.1. The van der Waals surface area contributed by atoms with E-state index in [1.165, 1.54) is 12.1 Å². The fourth-order valence-corrected chi connectivity index (χ4v) is 2.98. The summed E-state index contributed by atoms with van der Waals surface area (Å²) in [6, 6.07) is 6.03. The van der Waals surface area contributed by atoms with Crippen molar-refractivity contribution in [1.82, 2.24) is 14.9 Å². The fourth-order valence-electron chi connectivity index (χ4n) is 2.98. The summed E-state index contributed by atoms with van der Waals surface area (Å²) in [5.41, 5.74) is 1.22. The van der Waals surface area contributed by atoms with Crippen molar-refractivity contribution < 1.29 is 9.18 Å². The number of benzene rings is 1. The third-order valence-corrected chi connectivity index (χ3v) is 4.60. The molecule has 1 amide bonds. The molecule has 0 atom stereocenters. The standard InChI is InChI=1S/C19H23FN4O/c1-13-8-10-24(11-9-13)19(25)16-12-21-17(22-18(16)23(2)3)14-4-6-15(20)7-5-14/h4-7,12-13H,8-11H2,1-3H3. The van der Waals surface area contributed by atoms with Gasteiger partial charge in [-0.3, -0.25) is 4.79 Å². The molecule has 0 spiro atoms. The second-order valence-corrected chi connectivity index (χ2v) is 6.81. The van der Waals surface area contributed by atoms with Crippen LogP contribution in [0.3, 0.4) is 0 Å². The molecule has 1 aromatic heterocycles. The van der Waals surface area contributed by atoms with Gasteiger partial charge in [0.1, 0.15) is 17.2 Å². The number of hydrogen-bond donors (Lipinski definition) is 0. The lowest BCUT2D eigenvalue weighted by Gasteiger charge is -2.31. The van der Waals surface area contributed by atoms with E-state index in [-0.39, 0.29) is 11.7 Å². The van der Waals surface area contributed by atoms with Gasteiger partial charge in [-0.15, -0.1) is 0 Å². The SMILES string of the molecule is CC1CCN(C(=O)c2cnc(-c3ccc(F)cc3)nc2N(C)C)CC1. The largest absolute Gasteiger partial charge is 0.362 e. The first kappa shape index (κ1) is 17.3. The number of halogens is 1. The maximum Gasteiger partial charge on any atom is 0.259 e. The van der Waals surface area contributed by atoms with E-state index in [0.29, 0.717) is 23.1 Å². The van der Waals surface area contributed by atoms with Gasteiger partial charge in [-0.1, -0.05) is 6.92 Å². The van der Waals surface area contributed by atoms with E-state index in [4.69, 9.17) is 0 Å². The Morgan fingerprint density at radius 3 is 2.44 bits per heavy atom. The normalized spacial score (nSPS) is 15.3. The van der Waals surface area contributed by atoms with Crippen molar-refractivity contribution in [2.75, 3.05) is 32.1 Å². The minimum absolute atomic E-state index is 0.0266. The first-order valence-electron chi connectivity index (χ1n) is 8.55. The van der Waals surface area contributed by atoms with E-state index >= 15 is 0 Å². The minimum Gasteiger partial charge on any atom is -0.362 e. The van der Waals surface area contributed by atoms with Gasteiger partial charge >= 0.3 is 0 Å². The van der Waals surface area contributed by atoms with Crippen LogP contribution in [0.15, 0.2) is 30.5 Å². The second kappa shape index (κ2) is 7.17. The summed E-state index contributed by atoms with van der Waals surface area (Å²) in [4.78, 5) is 25.5. The van der Waals surface area contributed by atoms with Gasteiger partial charge in [-0.25, -0.2) is 14.4 Å². The molecule has 0 aliphatic carbocycles. The lowest BCUT2D eigenvalue weighted by atomic mass is 9.99. The Morgan fingerprint density at radius 1 is 1.20 bits per heavy atom.